The van der Waals surface area contributed by atoms with Crippen LogP contribution in [0.4, 0.5) is 10.3 Å². The minimum absolute atomic E-state index is 0.0315. The average molecular weight is 434 g/mol. The SMILES string of the molecule is O=C(NCCc1ccc(Cl)cc1)C1CCN(c2nnc(N3CCCC3=O)s2)CC1. The number of hydrogen-bond acceptors (Lipinski definition) is 6. The largest absolute Gasteiger partial charge is 0.356 e. The minimum Gasteiger partial charge on any atom is -0.356 e. The van der Waals surface area contributed by atoms with Gasteiger partial charge in [0.1, 0.15) is 0 Å². The molecule has 0 radical (unpaired) electrons. The standard InChI is InChI=1S/C20H24ClN5O2S/c21-16-5-3-14(4-6-16)7-10-22-18(28)15-8-12-25(13-9-15)19-23-24-20(29-19)26-11-1-2-17(26)27/h3-6,15H,1-2,7-13H2,(H,22,28). The van der Waals surface area contributed by atoms with Crippen LogP contribution in [-0.2, 0) is 16.0 Å². The van der Waals surface area contributed by atoms with Crippen molar-refractivity contribution < 1.29 is 9.59 Å². The Balaban J connectivity index is 1.23. The Morgan fingerprint density at radius 2 is 1.86 bits per heavy atom. The van der Waals surface area contributed by atoms with Gasteiger partial charge in [0, 0.05) is 43.5 Å². The predicted molar refractivity (Wildman–Crippen MR) is 115 cm³/mol. The third-order valence-electron chi connectivity index (χ3n) is 5.47. The van der Waals surface area contributed by atoms with E-state index in [0.717, 1.165) is 61.0 Å². The van der Waals surface area contributed by atoms with Crippen molar-refractivity contribution >= 4 is 45.0 Å². The second kappa shape index (κ2) is 9.09. The summed E-state index contributed by atoms with van der Waals surface area (Å²) in [6.45, 7) is 2.91. The second-order valence-corrected chi connectivity index (χ2v) is 8.82. The Morgan fingerprint density at radius 1 is 1.14 bits per heavy atom. The lowest BCUT2D eigenvalue weighted by Gasteiger charge is -2.30. The molecule has 4 rings (SSSR count). The van der Waals surface area contributed by atoms with Crippen molar-refractivity contribution in [2.45, 2.75) is 32.1 Å². The van der Waals surface area contributed by atoms with Gasteiger partial charge in [0.05, 0.1) is 0 Å². The summed E-state index contributed by atoms with van der Waals surface area (Å²) in [5.41, 5.74) is 1.16. The molecule has 0 spiro atoms. The lowest BCUT2D eigenvalue weighted by atomic mass is 9.96. The molecule has 2 aliphatic heterocycles. The molecule has 154 valence electrons. The summed E-state index contributed by atoms with van der Waals surface area (Å²) in [6, 6.07) is 7.71. The van der Waals surface area contributed by atoms with Gasteiger partial charge in [-0.25, -0.2) is 0 Å². The Bertz CT molecular complexity index is 864. The highest BCUT2D eigenvalue weighted by Gasteiger charge is 2.29. The van der Waals surface area contributed by atoms with Crippen LogP contribution in [0.25, 0.3) is 0 Å². The second-order valence-electron chi connectivity index (χ2n) is 7.44. The molecular formula is C20H24ClN5O2S. The van der Waals surface area contributed by atoms with Crippen molar-refractivity contribution in [1.82, 2.24) is 15.5 Å². The first-order chi connectivity index (χ1) is 14.1. The fourth-order valence-corrected chi connectivity index (χ4v) is 4.82. The van der Waals surface area contributed by atoms with Crippen molar-refractivity contribution in [2.75, 3.05) is 36.0 Å². The van der Waals surface area contributed by atoms with Gasteiger partial charge in [-0.2, -0.15) is 0 Å². The maximum atomic E-state index is 12.5. The van der Waals surface area contributed by atoms with E-state index in [1.807, 2.05) is 24.3 Å². The number of carbonyl (C=O) groups is 2. The summed E-state index contributed by atoms with van der Waals surface area (Å²) < 4.78 is 0. The number of rotatable bonds is 6. The number of halogens is 1. The van der Waals surface area contributed by atoms with Crippen molar-refractivity contribution in [1.29, 1.82) is 0 Å². The molecule has 1 aromatic heterocycles. The summed E-state index contributed by atoms with van der Waals surface area (Å²) in [7, 11) is 0. The zero-order valence-electron chi connectivity index (χ0n) is 16.1. The number of anilines is 2. The molecule has 9 heteroatoms. The molecular weight excluding hydrogens is 410 g/mol. The molecule has 2 aliphatic rings. The van der Waals surface area contributed by atoms with Gasteiger partial charge < -0.3 is 10.2 Å². The van der Waals surface area contributed by atoms with E-state index in [4.69, 9.17) is 11.6 Å². The normalized spacial score (nSPS) is 17.8. The van der Waals surface area contributed by atoms with E-state index >= 15 is 0 Å². The van der Waals surface area contributed by atoms with E-state index in [0.29, 0.717) is 18.1 Å². The monoisotopic (exact) mass is 433 g/mol. The van der Waals surface area contributed by atoms with Gasteiger partial charge in [0.2, 0.25) is 22.1 Å². The van der Waals surface area contributed by atoms with Crippen LogP contribution in [0.2, 0.25) is 5.02 Å². The van der Waals surface area contributed by atoms with Gasteiger partial charge in [-0.1, -0.05) is 35.1 Å². The Hall–Kier alpha value is -2.19. The number of nitrogens with zero attached hydrogens (tertiary/aromatic N) is 4. The van der Waals surface area contributed by atoms with E-state index < -0.39 is 0 Å². The van der Waals surface area contributed by atoms with Gasteiger partial charge in [0.15, 0.2) is 0 Å². The predicted octanol–water partition coefficient (Wildman–Crippen LogP) is 2.89. The first-order valence-electron chi connectivity index (χ1n) is 10.0. The third-order valence-corrected chi connectivity index (χ3v) is 6.73. The highest BCUT2D eigenvalue weighted by atomic mass is 35.5. The number of carbonyl (C=O) groups excluding carboxylic acids is 2. The van der Waals surface area contributed by atoms with Crippen LogP contribution in [-0.4, -0.2) is 48.2 Å². The lowest BCUT2D eigenvalue weighted by molar-refractivity contribution is -0.125. The van der Waals surface area contributed by atoms with E-state index in [2.05, 4.69) is 20.4 Å². The quantitative estimate of drug-likeness (QED) is 0.757. The zero-order valence-corrected chi connectivity index (χ0v) is 17.7. The number of hydrogen-bond donors (Lipinski definition) is 1. The number of nitrogens with one attached hydrogen (secondary N) is 1. The molecule has 0 unspecified atom stereocenters. The fourth-order valence-electron chi connectivity index (χ4n) is 3.75. The first-order valence-corrected chi connectivity index (χ1v) is 11.2. The summed E-state index contributed by atoms with van der Waals surface area (Å²) in [5.74, 6) is 0.282. The average Bonchev–Trinajstić information content (AvgIpc) is 3.38. The molecule has 2 saturated heterocycles. The first kappa shape index (κ1) is 20.1. The zero-order chi connectivity index (χ0) is 20.2. The molecule has 2 fully saturated rings. The summed E-state index contributed by atoms with van der Waals surface area (Å²) in [5, 5.41) is 13.8. The molecule has 0 saturated carbocycles. The molecule has 2 aromatic rings. The summed E-state index contributed by atoms with van der Waals surface area (Å²) in [6.07, 6.45) is 3.86. The molecule has 7 nitrogen and oxygen atoms in total. The van der Waals surface area contributed by atoms with E-state index in [1.54, 1.807) is 4.90 Å². The number of amides is 2. The van der Waals surface area contributed by atoms with E-state index in [1.165, 1.54) is 11.3 Å². The van der Waals surface area contributed by atoms with E-state index in [-0.39, 0.29) is 17.7 Å². The Labute approximate surface area is 179 Å². The highest BCUT2D eigenvalue weighted by molar-refractivity contribution is 7.19. The number of benzene rings is 1. The third kappa shape index (κ3) is 4.87. The van der Waals surface area contributed by atoms with Crippen LogP contribution < -0.4 is 15.1 Å². The fraction of sp³-hybridized carbons (Fsp3) is 0.500. The summed E-state index contributed by atoms with van der Waals surface area (Å²) in [4.78, 5) is 28.2. The minimum atomic E-state index is 0.0315. The molecule has 0 aliphatic carbocycles. The van der Waals surface area contributed by atoms with E-state index in [9.17, 15) is 9.59 Å². The van der Waals surface area contributed by atoms with Crippen LogP contribution in [0.5, 0.6) is 0 Å². The van der Waals surface area contributed by atoms with Crippen LogP contribution in [0.3, 0.4) is 0 Å². The number of aromatic nitrogens is 2. The molecule has 29 heavy (non-hydrogen) atoms. The van der Waals surface area contributed by atoms with Crippen molar-refractivity contribution in [3.8, 4) is 0 Å². The number of piperidine rings is 1. The van der Waals surface area contributed by atoms with Gasteiger partial charge >= 0.3 is 0 Å². The molecule has 1 aromatic carbocycles. The molecule has 3 heterocycles. The van der Waals surface area contributed by atoms with Crippen molar-refractivity contribution in [3.05, 3.63) is 34.9 Å². The molecule has 2 amide bonds. The Kier molecular flexibility index (Phi) is 6.30. The van der Waals surface area contributed by atoms with Gasteiger partial charge in [-0.05, 0) is 43.4 Å². The van der Waals surface area contributed by atoms with Gasteiger partial charge in [-0.15, -0.1) is 10.2 Å². The van der Waals surface area contributed by atoms with Crippen LogP contribution >= 0.6 is 22.9 Å². The van der Waals surface area contributed by atoms with Crippen LogP contribution in [0.1, 0.15) is 31.2 Å². The van der Waals surface area contributed by atoms with Crippen molar-refractivity contribution in [3.63, 3.8) is 0 Å². The topological polar surface area (TPSA) is 78.4 Å². The van der Waals surface area contributed by atoms with Crippen LogP contribution in [0.15, 0.2) is 24.3 Å². The smallest absolute Gasteiger partial charge is 0.228 e. The van der Waals surface area contributed by atoms with Crippen molar-refractivity contribution in [2.24, 2.45) is 5.92 Å². The maximum Gasteiger partial charge on any atom is 0.228 e. The molecule has 0 bridgehead atoms. The van der Waals surface area contributed by atoms with Gasteiger partial charge in [0.25, 0.3) is 0 Å². The highest BCUT2D eigenvalue weighted by Crippen LogP contribution is 2.32. The Morgan fingerprint density at radius 3 is 2.55 bits per heavy atom. The van der Waals surface area contributed by atoms with Gasteiger partial charge in [-0.3, -0.25) is 14.5 Å². The molecule has 0 atom stereocenters. The molecule has 1 N–H and O–H groups in total. The summed E-state index contributed by atoms with van der Waals surface area (Å²) >= 11 is 7.36. The lowest BCUT2D eigenvalue weighted by Crippen LogP contribution is -2.41. The van der Waals surface area contributed by atoms with Crippen LogP contribution in [0, 0.1) is 5.92 Å². The maximum absolute atomic E-state index is 12.5.